The lowest BCUT2D eigenvalue weighted by Crippen LogP contribution is -2.19. The number of nitrogens with zero attached hydrogens (tertiary/aromatic N) is 2. The number of carbonyl (C=O) groups is 2. The Morgan fingerprint density at radius 3 is 3.00 bits per heavy atom. The van der Waals surface area contributed by atoms with E-state index in [1.807, 2.05) is 31.2 Å². The number of aryl methyl sites for hydroxylation is 1. The van der Waals surface area contributed by atoms with Crippen LogP contribution in [-0.2, 0) is 14.3 Å². The zero-order valence-electron chi connectivity index (χ0n) is 13.0. The predicted molar refractivity (Wildman–Crippen MR) is 93.9 cm³/mol. The van der Waals surface area contributed by atoms with E-state index in [0.717, 1.165) is 40.0 Å². The summed E-state index contributed by atoms with van der Waals surface area (Å²) < 4.78 is 4.50. The Bertz CT molecular complexity index is 911. The molecule has 2 N–H and O–H groups in total. The number of fused-ring (bicyclic) bond motifs is 1. The summed E-state index contributed by atoms with van der Waals surface area (Å²) in [5.74, 6) is -0.991. The highest BCUT2D eigenvalue weighted by atomic mass is 32.2. The highest BCUT2D eigenvalue weighted by Gasteiger charge is 2.24. The highest BCUT2D eigenvalue weighted by molar-refractivity contribution is 8.18. The Hall–Kier alpha value is -2.87. The van der Waals surface area contributed by atoms with Crippen LogP contribution in [0.1, 0.15) is 11.3 Å². The molecule has 24 heavy (non-hydrogen) atoms. The number of nitrogens with one attached hydrogen (secondary N) is 2. The molecular formula is C16H14N4O3S. The fraction of sp³-hybridized carbons (Fsp3) is 0.125. The standard InChI is InChI=1S/C16H14N4O3S/c1-9-6-11-10(4-3-5-12(11)18-9)8-17-20-16-19-15(22)13(24-16)7-14(21)23-2/h3-8,18H,1-2H3,(H,19,20,22)/b13-7+,17-8?. The minimum absolute atomic E-state index is 0.221. The summed E-state index contributed by atoms with van der Waals surface area (Å²) in [7, 11) is 1.25. The Labute approximate surface area is 141 Å². The molecule has 3 rings (SSSR count). The van der Waals surface area contributed by atoms with Gasteiger partial charge in [0, 0.05) is 28.2 Å². The first-order chi connectivity index (χ1) is 11.6. The van der Waals surface area contributed by atoms with E-state index in [9.17, 15) is 9.59 Å². The summed E-state index contributed by atoms with van der Waals surface area (Å²) in [6.07, 6.45) is 2.74. The second-order valence-corrected chi connectivity index (χ2v) is 6.03. The summed E-state index contributed by atoms with van der Waals surface area (Å²) in [6.45, 7) is 1.99. The average molecular weight is 342 g/mol. The van der Waals surface area contributed by atoms with E-state index in [-0.39, 0.29) is 4.91 Å². The van der Waals surface area contributed by atoms with Gasteiger partial charge in [0.1, 0.15) is 0 Å². The molecule has 1 fully saturated rings. The van der Waals surface area contributed by atoms with Gasteiger partial charge in [-0.25, -0.2) is 4.79 Å². The van der Waals surface area contributed by atoms with Crippen molar-refractivity contribution >= 4 is 45.9 Å². The van der Waals surface area contributed by atoms with Gasteiger partial charge >= 0.3 is 5.97 Å². The molecule has 0 bridgehead atoms. The first kappa shape index (κ1) is 16.0. The number of carbonyl (C=O) groups excluding carboxylic acids is 2. The fourth-order valence-corrected chi connectivity index (χ4v) is 2.95. The molecule has 2 aromatic rings. The normalized spacial score (nSPS) is 18.0. The number of esters is 1. The smallest absolute Gasteiger partial charge is 0.331 e. The maximum Gasteiger partial charge on any atom is 0.331 e. The number of amides is 1. The predicted octanol–water partition coefficient (Wildman–Crippen LogP) is 2.09. The minimum Gasteiger partial charge on any atom is -0.466 e. The summed E-state index contributed by atoms with van der Waals surface area (Å²) >= 11 is 1.04. The van der Waals surface area contributed by atoms with Crippen LogP contribution in [0.15, 0.2) is 45.4 Å². The number of ether oxygens (including phenoxy) is 1. The molecule has 1 amide bonds. The second-order valence-electron chi connectivity index (χ2n) is 5.00. The zero-order chi connectivity index (χ0) is 17.1. The quantitative estimate of drug-likeness (QED) is 0.386. The summed E-state index contributed by atoms with van der Waals surface area (Å²) in [6, 6.07) is 7.88. The molecule has 0 spiro atoms. The molecule has 1 aliphatic rings. The number of hydrogen-bond donors (Lipinski definition) is 2. The minimum atomic E-state index is -0.591. The number of aromatic amines is 1. The van der Waals surface area contributed by atoms with E-state index in [2.05, 4.69) is 25.2 Å². The molecule has 1 aromatic heterocycles. The van der Waals surface area contributed by atoms with Crippen molar-refractivity contribution in [1.29, 1.82) is 0 Å². The van der Waals surface area contributed by atoms with E-state index >= 15 is 0 Å². The van der Waals surface area contributed by atoms with Crippen molar-refractivity contribution in [3.8, 4) is 0 Å². The molecular weight excluding hydrogens is 328 g/mol. The third kappa shape index (κ3) is 3.38. The maximum atomic E-state index is 11.7. The van der Waals surface area contributed by atoms with Crippen LogP contribution >= 0.6 is 11.8 Å². The van der Waals surface area contributed by atoms with Crippen LogP contribution in [0.5, 0.6) is 0 Å². The molecule has 2 heterocycles. The third-order valence-corrected chi connectivity index (χ3v) is 4.18. The van der Waals surface area contributed by atoms with Gasteiger partial charge in [-0.2, -0.15) is 5.10 Å². The first-order valence-corrected chi connectivity index (χ1v) is 7.86. The number of methoxy groups -OCH3 is 1. The van der Waals surface area contributed by atoms with Gasteiger partial charge < -0.3 is 9.72 Å². The van der Waals surface area contributed by atoms with E-state index in [1.165, 1.54) is 7.11 Å². The highest BCUT2D eigenvalue weighted by Crippen LogP contribution is 2.23. The van der Waals surface area contributed by atoms with Gasteiger partial charge in [-0.3, -0.25) is 10.1 Å². The Morgan fingerprint density at radius 1 is 1.38 bits per heavy atom. The molecule has 8 heteroatoms. The molecule has 0 saturated carbocycles. The molecule has 0 aliphatic carbocycles. The van der Waals surface area contributed by atoms with Crippen LogP contribution < -0.4 is 5.32 Å². The second kappa shape index (κ2) is 6.71. The van der Waals surface area contributed by atoms with Crippen molar-refractivity contribution in [1.82, 2.24) is 10.3 Å². The topological polar surface area (TPSA) is 95.9 Å². The van der Waals surface area contributed by atoms with Crippen molar-refractivity contribution < 1.29 is 14.3 Å². The molecule has 122 valence electrons. The molecule has 0 radical (unpaired) electrons. The fourth-order valence-electron chi connectivity index (χ4n) is 2.22. The van der Waals surface area contributed by atoms with Gasteiger partial charge in [-0.1, -0.05) is 12.1 Å². The van der Waals surface area contributed by atoms with E-state index in [0.29, 0.717) is 5.17 Å². The van der Waals surface area contributed by atoms with Crippen LogP contribution in [0, 0.1) is 6.92 Å². The van der Waals surface area contributed by atoms with Crippen LogP contribution in [0.3, 0.4) is 0 Å². The number of aromatic nitrogens is 1. The molecule has 0 atom stereocenters. The van der Waals surface area contributed by atoms with Gasteiger partial charge in [0.2, 0.25) is 0 Å². The van der Waals surface area contributed by atoms with Crippen molar-refractivity contribution in [2.24, 2.45) is 10.2 Å². The van der Waals surface area contributed by atoms with Gasteiger partial charge in [0.15, 0.2) is 5.17 Å². The number of rotatable bonds is 3. The van der Waals surface area contributed by atoms with Crippen LogP contribution in [0.4, 0.5) is 0 Å². The summed E-state index contributed by atoms with van der Waals surface area (Å²) in [4.78, 5) is 26.4. The number of hydrogen-bond acceptors (Lipinski definition) is 6. The van der Waals surface area contributed by atoms with Crippen LogP contribution in [0.2, 0.25) is 0 Å². The largest absolute Gasteiger partial charge is 0.466 e. The number of benzene rings is 1. The molecule has 1 aliphatic heterocycles. The maximum absolute atomic E-state index is 11.7. The molecule has 1 aromatic carbocycles. The van der Waals surface area contributed by atoms with Crippen molar-refractivity contribution in [2.45, 2.75) is 6.92 Å². The van der Waals surface area contributed by atoms with E-state index < -0.39 is 11.9 Å². The summed E-state index contributed by atoms with van der Waals surface area (Å²) in [5, 5.41) is 11.9. The molecule has 0 unspecified atom stereocenters. The monoisotopic (exact) mass is 342 g/mol. The molecule has 1 saturated heterocycles. The molecule has 7 nitrogen and oxygen atoms in total. The Balaban J connectivity index is 1.78. The van der Waals surface area contributed by atoms with Gasteiger partial charge in [-0.05, 0) is 30.8 Å². The third-order valence-electron chi connectivity index (χ3n) is 3.28. The lowest BCUT2D eigenvalue weighted by molar-refractivity contribution is -0.135. The lowest BCUT2D eigenvalue weighted by Gasteiger charge is -1.94. The lowest BCUT2D eigenvalue weighted by atomic mass is 10.1. The number of H-pyrrole nitrogens is 1. The first-order valence-electron chi connectivity index (χ1n) is 7.05. The Kier molecular flexibility index (Phi) is 4.48. The van der Waals surface area contributed by atoms with Gasteiger partial charge in [0.25, 0.3) is 5.91 Å². The van der Waals surface area contributed by atoms with Crippen molar-refractivity contribution in [2.75, 3.05) is 7.11 Å². The average Bonchev–Trinajstić information content (AvgIpc) is 3.10. The summed E-state index contributed by atoms with van der Waals surface area (Å²) in [5.41, 5.74) is 3.00. The SMILES string of the molecule is COC(=O)/C=C1/S/C(=N\N=Cc2cccc3[nH]c(C)cc23)NC1=O. The van der Waals surface area contributed by atoms with Gasteiger partial charge in [0.05, 0.1) is 18.2 Å². The van der Waals surface area contributed by atoms with Crippen LogP contribution in [0.25, 0.3) is 10.9 Å². The number of amidine groups is 1. The van der Waals surface area contributed by atoms with Crippen molar-refractivity contribution in [3.63, 3.8) is 0 Å². The number of thioether (sulfide) groups is 1. The van der Waals surface area contributed by atoms with Crippen molar-refractivity contribution in [3.05, 3.63) is 46.5 Å². The van der Waals surface area contributed by atoms with E-state index in [1.54, 1.807) is 6.21 Å². The Morgan fingerprint density at radius 2 is 2.21 bits per heavy atom. The van der Waals surface area contributed by atoms with Gasteiger partial charge in [-0.15, -0.1) is 5.10 Å². The van der Waals surface area contributed by atoms with Crippen LogP contribution in [-0.4, -0.2) is 35.4 Å². The zero-order valence-corrected chi connectivity index (χ0v) is 13.8. The van der Waals surface area contributed by atoms with E-state index in [4.69, 9.17) is 0 Å².